The number of nitrogens with two attached hydrogens (primary N) is 1. The smallest absolute Gasteiger partial charge is 0.244 e. The molecule has 1 aromatic carbocycles. The predicted octanol–water partition coefficient (Wildman–Crippen LogP) is 4.25. The van der Waals surface area contributed by atoms with E-state index in [1.165, 1.54) is 12.8 Å². The van der Waals surface area contributed by atoms with Crippen LogP contribution in [0.5, 0.6) is 11.6 Å². The molecule has 2 aromatic rings. The Morgan fingerprint density at radius 3 is 2.71 bits per heavy atom. The van der Waals surface area contributed by atoms with Crippen molar-refractivity contribution in [2.75, 3.05) is 0 Å². The zero-order valence-corrected chi connectivity index (χ0v) is 16.6. The van der Waals surface area contributed by atoms with Gasteiger partial charge in [0.2, 0.25) is 11.8 Å². The fraction of sp³-hybridized carbons (Fsp3) is 0.455. The van der Waals surface area contributed by atoms with E-state index in [-0.39, 0.29) is 23.3 Å². The minimum Gasteiger partial charge on any atom is -0.490 e. The van der Waals surface area contributed by atoms with Gasteiger partial charge in [0.15, 0.2) is 0 Å². The molecule has 1 aliphatic heterocycles. The molecule has 6 heteroatoms. The largest absolute Gasteiger partial charge is 0.490 e. The van der Waals surface area contributed by atoms with Gasteiger partial charge in [0.25, 0.3) is 0 Å². The number of rotatable bonds is 3. The molecular weight excluding hydrogens is 352 g/mol. The molecular formula is C22H26N4O2. The SMILES string of the molecule is CC(C)(C)c1[nH]nc2c1C(c1cccc(OC3CCCC3)c1)C(C#N)=C(N)O2. The van der Waals surface area contributed by atoms with Crippen LogP contribution in [-0.2, 0) is 5.41 Å². The third-order valence-electron chi connectivity index (χ3n) is 5.49. The minimum absolute atomic E-state index is 0.106. The van der Waals surface area contributed by atoms with Gasteiger partial charge in [-0.3, -0.25) is 5.10 Å². The van der Waals surface area contributed by atoms with Crippen molar-refractivity contribution < 1.29 is 9.47 Å². The molecule has 4 rings (SSSR count). The molecule has 1 aliphatic carbocycles. The van der Waals surface area contributed by atoms with E-state index in [0.717, 1.165) is 35.4 Å². The summed E-state index contributed by atoms with van der Waals surface area (Å²) in [6.45, 7) is 6.31. The number of aromatic nitrogens is 2. The Hall–Kier alpha value is -2.94. The predicted molar refractivity (Wildman–Crippen MR) is 106 cm³/mol. The Morgan fingerprint density at radius 1 is 1.29 bits per heavy atom. The lowest BCUT2D eigenvalue weighted by Gasteiger charge is -2.27. The topological polar surface area (TPSA) is 97.0 Å². The third-order valence-corrected chi connectivity index (χ3v) is 5.49. The number of ether oxygens (including phenoxy) is 2. The number of nitriles is 1. The molecule has 146 valence electrons. The quantitative estimate of drug-likeness (QED) is 0.832. The van der Waals surface area contributed by atoms with Gasteiger partial charge in [-0.1, -0.05) is 32.9 Å². The molecule has 1 unspecified atom stereocenters. The summed E-state index contributed by atoms with van der Waals surface area (Å²) in [6, 6.07) is 10.2. The molecule has 0 amide bonds. The van der Waals surface area contributed by atoms with Crippen molar-refractivity contribution in [3.63, 3.8) is 0 Å². The molecule has 6 nitrogen and oxygen atoms in total. The van der Waals surface area contributed by atoms with Gasteiger partial charge in [-0.2, -0.15) is 5.26 Å². The van der Waals surface area contributed by atoms with Gasteiger partial charge < -0.3 is 15.2 Å². The number of nitrogens with zero attached hydrogens (tertiary/aromatic N) is 2. The van der Waals surface area contributed by atoms with Gasteiger partial charge in [0, 0.05) is 11.1 Å². The van der Waals surface area contributed by atoms with Crippen LogP contribution in [0.2, 0.25) is 0 Å². The summed E-state index contributed by atoms with van der Waals surface area (Å²) in [4.78, 5) is 0. The molecule has 1 saturated carbocycles. The lowest BCUT2D eigenvalue weighted by atomic mass is 9.79. The number of aromatic amines is 1. The van der Waals surface area contributed by atoms with Crippen molar-refractivity contribution in [1.29, 1.82) is 5.26 Å². The summed E-state index contributed by atoms with van der Waals surface area (Å²) >= 11 is 0. The second-order valence-electron chi connectivity index (χ2n) is 8.59. The second-order valence-corrected chi connectivity index (χ2v) is 8.59. The van der Waals surface area contributed by atoms with Crippen molar-refractivity contribution in [2.24, 2.45) is 5.73 Å². The summed E-state index contributed by atoms with van der Waals surface area (Å²) in [5.41, 5.74) is 9.04. The molecule has 0 spiro atoms. The minimum atomic E-state index is -0.339. The number of hydrogen-bond acceptors (Lipinski definition) is 5. The van der Waals surface area contributed by atoms with Crippen molar-refractivity contribution in [1.82, 2.24) is 10.2 Å². The van der Waals surface area contributed by atoms with Crippen LogP contribution in [0.3, 0.4) is 0 Å². The van der Waals surface area contributed by atoms with Crippen LogP contribution in [0.4, 0.5) is 0 Å². The van der Waals surface area contributed by atoms with Gasteiger partial charge in [-0.05, 0) is 43.4 Å². The highest BCUT2D eigenvalue weighted by Gasteiger charge is 2.38. The van der Waals surface area contributed by atoms with Crippen LogP contribution < -0.4 is 15.2 Å². The van der Waals surface area contributed by atoms with Crippen LogP contribution in [0, 0.1) is 11.3 Å². The number of H-pyrrole nitrogens is 1. The maximum atomic E-state index is 9.82. The van der Waals surface area contributed by atoms with Gasteiger partial charge in [0.05, 0.1) is 17.6 Å². The zero-order chi connectivity index (χ0) is 19.9. The summed E-state index contributed by atoms with van der Waals surface area (Å²) < 4.78 is 11.8. The number of benzene rings is 1. The van der Waals surface area contributed by atoms with Crippen molar-refractivity contribution >= 4 is 0 Å². The molecule has 0 saturated heterocycles. The van der Waals surface area contributed by atoms with Gasteiger partial charge in [-0.15, -0.1) is 5.10 Å². The maximum Gasteiger partial charge on any atom is 0.244 e. The maximum absolute atomic E-state index is 9.82. The summed E-state index contributed by atoms with van der Waals surface area (Å²) in [7, 11) is 0. The van der Waals surface area contributed by atoms with E-state index in [4.69, 9.17) is 15.2 Å². The zero-order valence-electron chi connectivity index (χ0n) is 16.6. The van der Waals surface area contributed by atoms with E-state index in [1.54, 1.807) is 0 Å². The van der Waals surface area contributed by atoms with Crippen LogP contribution in [0.1, 0.15) is 69.2 Å². The molecule has 2 aliphatic rings. The molecule has 2 heterocycles. The van der Waals surface area contributed by atoms with Crippen LogP contribution in [-0.4, -0.2) is 16.3 Å². The Kier molecular flexibility index (Phi) is 4.54. The molecule has 3 N–H and O–H groups in total. The normalized spacial score (nSPS) is 19.9. The number of allylic oxidation sites excluding steroid dienone is 1. The van der Waals surface area contributed by atoms with Crippen molar-refractivity contribution in [2.45, 2.75) is 63.9 Å². The summed E-state index contributed by atoms with van der Waals surface area (Å²) in [5.74, 6) is 1.03. The highest BCUT2D eigenvalue weighted by atomic mass is 16.5. The Balaban J connectivity index is 1.80. The van der Waals surface area contributed by atoms with E-state index >= 15 is 0 Å². The molecule has 1 fully saturated rings. The first-order valence-corrected chi connectivity index (χ1v) is 9.81. The molecule has 0 radical (unpaired) electrons. The lowest BCUT2D eigenvalue weighted by Crippen LogP contribution is -2.24. The van der Waals surface area contributed by atoms with Crippen LogP contribution >= 0.6 is 0 Å². The molecule has 28 heavy (non-hydrogen) atoms. The van der Waals surface area contributed by atoms with E-state index in [9.17, 15) is 5.26 Å². The second kappa shape index (κ2) is 6.90. The van der Waals surface area contributed by atoms with Crippen molar-refractivity contribution in [3.8, 4) is 17.7 Å². The van der Waals surface area contributed by atoms with E-state index in [2.05, 4.69) is 37.0 Å². The van der Waals surface area contributed by atoms with Crippen LogP contribution in [0.25, 0.3) is 0 Å². The third kappa shape index (κ3) is 3.22. The van der Waals surface area contributed by atoms with E-state index in [1.807, 2.05) is 24.3 Å². The fourth-order valence-corrected chi connectivity index (χ4v) is 4.12. The number of hydrogen-bond donors (Lipinski definition) is 2. The standard InChI is InChI=1S/C22H26N4O2/c1-22(2,3)19-18-17(16(12-23)20(24)28-21(18)26-25-19)13-7-6-10-15(11-13)27-14-8-4-5-9-14/h6-7,10-11,14,17H,4-5,8-9,24H2,1-3H3,(H,25,26). The summed E-state index contributed by atoms with van der Waals surface area (Å²) in [6.07, 6.45) is 4.90. The molecule has 1 atom stereocenters. The monoisotopic (exact) mass is 378 g/mol. The van der Waals surface area contributed by atoms with Gasteiger partial charge in [0.1, 0.15) is 17.4 Å². The average molecular weight is 378 g/mol. The average Bonchev–Trinajstić information content (AvgIpc) is 3.29. The Morgan fingerprint density at radius 2 is 2.04 bits per heavy atom. The summed E-state index contributed by atoms with van der Waals surface area (Å²) in [5, 5.41) is 17.2. The molecule has 1 aromatic heterocycles. The van der Waals surface area contributed by atoms with E-state index < -0.39 is 0 Å². The van der Waals surface area contributed by atoms with Gasteiger partial charge in [-0.25, -0.2) is 0 Å². The van der Waals surface area contributed by atoms with Crippen LogP contribution in [0.15, 0.2) is 35.7 Å². The number of fused-ring (bicyclic) bond motifs is 1. The Labute approximate surface area is 165 Å². The number of nitrogens with one attached hydrogen (secondary N) is 1. The highest BCUT2D eigenvalue weighted by molar-refractivity contribution is 5.56. The Bertz CT molecular complexity index is 956. The first-order chi connectivity index (χ1) is 13.4. The highest BCUT2D eigenvalue weighted by Crippen LogP contribution is 2.46. The lowest BCUT2D eigenvalue weighted by molar-refractivity contribution is 0.210. The fourth-order valence-electron chi connectivity index (χ4n) is 4.12. The van der Waals surface area contributed by atoms with Crippen molar-refractivity contribution in [3.05, 3.63) is 52.5 Å². The first kappa shape index (κ1) is 18.4. The van der Waals surface area contributed by atoms with Gasteiger partial charge >= 0.3 is 0 Å². The van der Waals surface area contributed by atoms with E-state index in [0.29, 0.717) is 11.5 Å². The molecule has 0 bridgehead atoms. The first-order valence-electron chi connectivity index (χ1n) is 9.81.